The molecular formula is C9H10ClNO. The maximum Gasteiger partial charge on any atom is 0.164 e. The van der Waals surface area contributed by atoms with Crippen molar-refractivity contribution in [3.05, 3.63) is 22.5 Å². The molecule has 0 amide bonds. The summed E-state index contributed by atoms with van der Waals surface area (Å²) in [6, 6.07) is 0. The molecule has 1 heterocycles. The molecule has 0 spiro atoms. The Morgan fingerprint density at radius 3 is 2.92 bits per heavy atom. The number of hydrogen-bond donors (Lipinski definition) is 0. The van der Waals surface area contributed by atoms with Gasteiger partial charge in [0.25, 0.3) is 0 Å². The maximum atomic E-state index is 11.4. The minimum absolute atomic E-state index is 0.235. The van der Waals surface area contributed by atoms with Crippen LogP contribution in [0.3, 0.4) is 0 Å². The van der Waals surface area contributed by atoms with Gasteiger partial charge >= 0.3 is 0 Å². The Balaban J connectivity index is 2.60. The van der Waals surface area contributed by atoms with Gasteiger partial charge in [-0.05, 0) is 18.4 Å². The number of nitrogens with zero attached hydrogens (tertiary/aromatic N) is 1. The predicted octanol–water partition coefficient (Wildman–Crippen LogP) is 2.20. The number of aromatic nitrogens is 1. The molecule has 64 valence electrons. The summed E-state index contributed by atoms with van der Waals surface area (Å²) in [6.45, 7) is 0. The van der Waals surface area contributed by atoms with E-state index >= 15 is 0 Å². The summed E-state index contributed by atoms with van der Waals surface area (Å²) in [5.74, 6) is 0.235. The van der Waals surface area contributed by atoms with E-state index < -0.39 is 0 Å². The highest BCUT2D eigenvalue weighted by molar-refractivity contribution is 6.31. The highest BCUT2D eigenvalue weighted by Crippen LogP contribution is 2.28. The van der Waals surface area contributed by atoms with Gasteiger partial charge in [0.1, 0.15) is 5.15 Å². The van der Waals surface area contributed by atoms with E-state index in [1.165, 1.54) is 0 Å². The Kier molecular flexibility index (Phi) is 1.72. The summed E-state index contributed by atoms with van der Waals surface area (Å²) in [6.07, 6.45) is 4.39. The van der Waals surface area contributed by atoms with Gasteiger partial charge in [0.05, 0.1) is 0 Å². The minimum atomic E-state index is 0.235. The van der Waals surface area contributed by atoms with Crippen LogP contribution in [0.15, 0.2) is 6.20 Å². The number of aryl methyl sites for hydroxylation is 1. The van der Waals surface area contributed by atoms with Crippen molar-refractivity contribution in [1.29, 1.82) is 0 Å². The third kappa shape index (κ3) is 0.985. The van der Waals surface area contributed by atoms with Crippen molar-refractivity contribution in [2.75, 3.05) is 0 Å². The van der Waals surface area contributed by atoms with E-state index in [9.17, 15) is 4.79 Å². The van der Waals surface area contributed by atoms with Crippen LogP contribution in [-0.4, -0.2) is 10.4 Å². The molecular weight excluding hydrogens is 174 g/mol. The van der Waals surface area contributed by atoms with Crippen molar-refractivity contribution in [2.45, 2.75) is 19.3 Å². The summed E-state index contributed by atoms with van der Waals surface area (Å²) < 4.78 is 1.81. The number of halogens is 1. The van der Waals surface area contributed by atoms with Crippen molar-refractivity contribution in [2.24, 2.45) is 7.05 Å². The van der Waals surface area contributed by atoms with Gasteiger partial charge in [-0.15, -0.1) is 0 Å². The normalized spacial score (nSPS) is 16.3. The Bertz CT molecular complexity index is 341. The van der Waals surface area contributed by atoms with Crippen LogP contribution in [0, 0.1) is 0 Å². The first-order valence-electron chi connectivity index (χ1n) is 4.07. The predicted molar refractivity (Wildman–Crippen MR) is 47.7 cm³/mol. The quantitative estimate of drug-likeness (QED) is 0.605. The molecule has 0 unspecified atom stereocenters. The van der Waals surface area contributed by atoms with Crippen LogP contribution in [0.25, 0.3) is 0 Å². The summed E-state index contributed by atoms with van der Waals surface area (Å²) in [5.41, 5.74) is 1.86. The van der Waals surface area contributed by atoms with Crippen LogP contribution in [-0.2, 0) is 13.5 Å². The van der Waals surface area contributed by atoms with E-state index in [4.69, 9.17) is 11.6 Å². The minimum Gasteiger partial charge on any atom is -0.341 e. The first kappa shape index (κ1) is 7.87. The van der Waals surface area contributed by atoms with E-state index in [0.29, 0.717) is 6.42 Å². The second-order valence-corrected chi connectivity index (χ2v) is 3.56. The smallest absolute Gasteiger partial charge is 0.164 e. The lowest BCUT2D eigenvalue weighted by molar-refractivity contribution is 0.0973. The van der Waals surface area contributed by atoms with Crippen LogP contribution < -0.4 is 0 Å². The van der Waals surface area contributed by atoms with Crippen molar-refractivity contribution in [3.63, 3.8) is 0 Å². The highest BCUT2D eigenvalue weighted by atomic mass is 35.5. The third-order valence-electron chi connectivity index (χ3n) is 2.34. The Morgan fingerprint density at radius 2 is 2.25 bits per heavy atom. The molecule has 2 rings (SSSR count). The zero-order valence-electron chi connectivity index (χ0n) is 6.93. The van der Waals surface area contributed by atoms with E-state index in [1.54, 1.807) is 0 Å². The fraction of sp³-hybridized carbons (Fsp3) is 0.444. The van der Waals surface area contributed by atoms with Gasteiger partial charge in [0.2, 0.25) is 0 Å². The Labute approximate surface area is 76.1 Å². The largest absolute Gasteiger partial charge is 0.341 e. The molecule has 0 saturated heterocycles. The fourth-order valence-electron chi connectivity index (χ4n) is 1.69. The molecule has 2 nitrogen and oxygen atoms in total. The third-order valence-corrected chi connectivity index (χ3v) is 2.83. The lowest BCUT2D eigenvalue weighted by Gasteiger charge is -2.08. The van der Waals surface area contributed by atoms with Crippen LogP contribution >= 0.6 is 11.6 Å². The Morgan fingerprint density at radius 1 is 1.50 bits per heavy atom. The zero-order valence-corrected chi connectivity index (χ0v) is 7.69. The van der Waals surface area contributed by atoms with Crippen molar-refractivity contribution >= 4 is 17.4 Å². The molecule has 1 aromatic rings. The van der Waals surface area contributed by atoms with E-state index in [-0.39, 0.29) is 5.78 Å². The second-order valence-electron chi connectivity index (χ2n) is 3.20. The maximum absolute atomic E-state index is 11.4. The average molecular weight is 184 g/mol. The number of carbonyl (C=O) groups excluding carboxylic acids is 1. The lowest BCUT2D eigenvalue weighted by atomic mass is 9.95. The monoisotopic (exact) mass is 183 g/mol. The number of hydrogen-bond acceptors (Lipinski definition) is 1. The first-order chi connectivity index (χ1) is 5.70. The van der Waals surface area contributed by atoms with Crippen molar-refractivity contribution in [1.82, 2.24) is 4.57 Å². The van der Waals surface area contributed by atoms with Gasteiger partial charge in [0, 0.05) is 25.2 Å². The standard InChI is InChI=1S/C9H10ClNO/c1-11-5-7-6(9(11)10)3-2-4-8(7)12/h5H,2-4H2,1H3. The van der Waals surface area contributed by atoms with E-state index in [0.717, 1.165) is 29.1 Å². The van der Waals surface area contributed by atoms with Crippen LogP contribution in [0.2, 0.25) is 5.15 Å². The molecule has 0 radical (unpaired) electrons. The molecule has 3 heteroatoms. The van der Waals surface area contributed by atoms with Gasteiger partial charge in [-0.1, -0.05) is 11.6 Å². The number of Topliss-reactive ketones (excluding diaryl/α,β-unsaturated/α-hetero) is 1. The molecule has 0 aliphatic heterocycles. The number of fused-ring (bicyclic) bond motifs is 1. The van der Waals surface area contributed by atoms with Crippen molar-refractivity contribution < 1.29 is 4.79 Å². The molecule has 0 aromatic carbocycles. The van der Waals surface area contributed by atoms with Gasteiger partial charge in [-0.2, -0.15) is 0 Å². The van der Waals surface area contributed by atoms with Crippen LogP contribution in [0.4, 0.5) is 0 Å². The Hall–Kier alpha value is -0.760. The average Bonchev–Trinajstić information content (AvgIpc) is 2.32. The number of rotatable bonds is 0. The number of carbonyl (C=O) groups is 1. The van der Waals surface area contributed by atoms with E-state index in [2.05, 4.69) is 0 Å². The summed E-state index contributed by atoms with van der Waals surface area (Å²) in [4.78, 5) is 11.4. The molecule has 1 aromatic heterocycles. The van der Waals surface area contributed by atoms with Gasteiger partial charge in [-0.25, -0.2) is 0 Å². The van der Waals surface area contributed by atoms with Gasteiger partial charge in [-0.3, -0.25) is 4.79 Å². The first-order valence-corrected chi connectivity index (χ1v) is 4.45. The lowest BCUT2D eigenvalue weighted by Crippen LogP contribution is -2.07. The molecule has 0 bridgehead atoms. The number of ketones is 1. The van der Waals surface area contributed by atoms with Crippen LogP contribution in [0.1, 0.15) is 28.8 Å². The van der Waals surface area contributed by atoms with E-state index in [1.807, 2.05) is 17.8 Å². The second kappa shape index (κ2) is 2.63. The van der Waals surface area contributed by atoms with Gasteiger partial charge in [0.15, 0.2) is 5.78 Å². The summed E-state index contributed by atoms with van der Waals surface area (Å²) in [5, 5.41) is 0.720. The summed E-state index contributed by atoms with van der Waals surface area (Å²) in [7, 11) is 1.87. The molecule has 12 heavy (non-hydrogen) atoms. The molecule has 1 aliphatic rings. The fourth-order valence-corrected chi connectivity index (χ4v) is 1.94. The SMILES string of the molecule is Cn1cc2c(c1Cl)CCCC2=O. The molecule has 0 saturated carbocycles. The van der Waals surface area contributed by atoms with Crippen molar-refractivity contribution in [3.8, 4) is 0 Å². The highest BCUT2D eigenvalue weighted by Gasteiger charge is 2.21. The molecule has 0 fully saturated rings. The molecule has 1 aliphatic carbocycles. The topological polar surface area (TPSA) is 22.0 Å². The molecule has 0 atom stereocenters. The van der Waals surface area contributed by atoms with Crippen LogP contribution in [0.5, 0.6) is 0 Å². The zero-order chi connectivity index (χ0) is 8.72. The summed E-state index contributed by atoms with van der Waals surface area (Å²) >= 11 is 6.00. The molecule has 0 N–H and O–H groups in total. The van der Waals surface area contributed by atoms with Gasteiger partial charge < -0.3 is 4.57 Å².